The highest BCUT2D eigenvalue weighted by Gasteiger charge is 2.25. The van der Waals surface area contributed by atoms with E-state index in [0.717, 1.165) is 5.39 Å². The van der Waals surface area contributed by atoms with Gasteiger partial charge in [-0.05, 0) is 54.3 Å². The fourth-order valence-corrected chi connectivity index (χ4v) is 4.38. The second-order valence-corrected chi connectivity index (χ2v) is 8.89. The molecule has 0 aliphatic heterocycles. The van der Waals surface area contributed by atoms with E-state index >= 15 is 0 Å². The van der Waals surface area contributed by atoms with E-state index in [-0.39, 0.29) is 28.3 Å². The van der Waals surface area contributed by atoms with Crippen LogP contribution in [0.15, 0.2) is 83.3 Å². The Kier molecular flexibility index (Phi) is 6.81. The first kappa shape index (κ1) is 25.0. The number of carboxylic acids is 1. The summed E-state index contributed by atoms with van der Waals surface area (Å²) in [5, 5.41) is 13.3. The van der Waals surface area contributed by atoms with Gasteiger partial charge in [-0.2, -0.15) is 0 Å². The molecular formula is C29H21ClN2O6. The van der Waals surface area contributed by atoms with Crippen molar-refractivity contribution >= 4 is 57.0 Å². The minimum Gasteiger partial charge on any atom is -0.478 e. The zero-order valence-electron chi connectivity index (χ0n) is 20.1. The molecule has 0 radical (unpaired) electrons. The van der Waals surface area contributed by atoms with Crippen molar-refractivity contribution in [2.45, 2.75) is 19.4 Å². The Hall–Kier alpha value is -4.69. The van der Waals surface area contributed by atoms with Gasteiger partial charge >= 0.3 is 11.9 Å². The van der Waals surface area contributed by atoms with Gasteiger partial charge in [-0.25, -0.2) is 14.6 Å². The average Bonchev–Trinajstić information content (AvgIpc) is 3.36. The van der Waals surface area contributed by atoms with Crippen LogP contribution in [-0.4, -0.2) is 34.0 Å². The number of halogens is 1. The second-order valence-electron chi connectivity index (χ2n) is 8.49. The van der Waals surface area contributed by atoms with Crippen LogP contribution in [0.25, 0.3) is 33.3 Å². The number of nitrogens with one attached hydrogen (secondary N) is 1. The zero-order valence-corrected chi connectivity index (χ0v) is 20.9. The van der Waals surface area contributed by atoms with E-state index in [9.17, 15) is 19.5 Å². The number of aromatic carboxylic acids is 1. The molecule has 0 spiro atoms. The number of carbonyl (C=O) groups excluding carboxylic acids is 2. The van der Waals surface area contributed by atoms with Crippen molar-refractivity contribution in [2.75, 3.05) is 5.32 Å². The number of amides is 1. The fourth-order valence-electron chi connectivity index (χ4n) is 4.18. The summed E-state index contributed by atoms with van der Waals surface area (Å²) in [6.45, 7) is 1.70. The van der Waals surface area contributed by atoms with Crippen molar-refractivity contribution in [1.82, 2.24) is 4.98 Å². The van der Waals surface area contributed by atoms with Crippen molar-refractivity contribution in [2.24, 2.45) is 0 Å². The Labute approximate surface area is 221 Å². The number of nitrogens with zero attached hydrogens (tertiary/aromatic N) is 1. The molecule has 2 N–H and O–H groups in total. The van der Waals surface area contributed by atoms with E-state index < -0.39 is 23.9 Å². The normalized spacial score (nSPS) is 11.8. The van der Waals surface area contributed by atoms with Crippen LogP contribution in [0.3, 0.4) is 0 Å². The summed E-state index contributed by atoms with van der Waals surface area (Å²) in [6, 6.07) is 22.2. The summed E-state index contributed by atoms with van der Waals surface area (Å²) in [4.78, 5) is 42.3. The number of esters is 1. The molecule has 0 saturated heterocycles. The SMILES string of the molecule is CCC(OC(=O)c1cccc2cccc(-c3nc4ccccc4o3)c12)C(=O)Nc1ccc(Cl)c(C(=O)O)c1. The topological polar surface area (TPSA) is 119 Å². The van der Waals surface area contributed by atoms with Crippen molar-refractivity contribution < 1.29 is 28.6 Å². The predicted molar refractivity (Wildman–Crippen MR) is 143 cm³/mol. The van der Waals surface area contributed by atoms with Gasteiger partial charge in [-0.3, -0.25) is 4.79 Å². The lowest BCUT2D eigenvalue weighted by Gasteiger charge is -2.17. The van der Waals surface area contributed by atoms with Crippen molar-refractivity contribution in [3.63, 3.8) is 0 Å². The highest BCUT2D eigenvalue weighted by atomic mass is 35.5. The largest absolute Gasteiger partial charge is 0.478 e. The summed E-state index contributed by atoms with van der Waals surface area (Å²) < 4.78 is 11.6. The van der Waals surface area contributed by atoms with Crippen LogP contribution in [0.5, 0.6) is 0 Å². The molecule has 1 aromatic heterocycles. The van der Waals surface area contributed by atoms with Crippen LogP contribution in [-0.2, 0) is 9.53 Å². The average molecular weight is 529 g/mol. The van der Waals surface area contributed by atoms with Gasteiger partial charge in [-0.1, -0.05) is 54.9 Å². The molecule has 0 fully saturated rings. The Bertz CT molecular complexity index is 1670. The molecule has 190 valence electrons. The van der Waals surface area contributed by atoms with E-state index in [1.165, 1.54) is 18.2 Å². The van der Waals surface area contributed by atoms with Crippen LogP contribution >= 0.6 is 11.6 Å². The number of anilines is 1. The number of fused-ring (bicyclic) bond motifs is 2. The molecule has 1 unspecified atom stereocenters. The third-order valence-electron chi connectivity index (χ3n) is 6.03. The monoisotopic (exact) mass is 528 g/mol. The molecule has 0 bridgehead atoms. The third kappa shape index (κ3) is 4.81. The maximum Gasteiger partial charge on any atom is 0.339 e. The molecule has 8 nitrogen and oxygen atoms in total. The van der Waals surface area contributed by atoms with E-state index in [1.807, 2.05) is 48.5 Å². The first-order valence-electron chi connectivity index (χ1n) is 11.8. The van der Waals surface area contributed by atoms with Crippen LogP contribution in [0.1, 0.15) is 34.1 Å². The molecule has 1 amide bonds. The summed E-state index contributed by atoms with van der Waals surface area (Å²) in [6.07, 6.45) is -0.933. The quantitative estimate of drug-likeness (QED) is 0.229. The number of para-hydroxylation sites is 2. The first-order valence-corrected chi connectivity index (χ1v) is 12.2. The van der Waals surface area contributed by atoms with Crippen LogP contribution < -0.4 is 5.32 Å². The number of hydrogen-bond donors (Lipinski definition) is 2. The molecular weight excluding hydrogens is 508 g/mol. The number of benzene rings is 4. The van der Waals surface area contributed by atoms with E-state index in [1.54, 1.807) is 19.1 Å². The van der Waals surface area contributed by atoms with Gasteiger partial charge in [0, 0.05) is 16.6 Å². The van der Waals surface area contributed by atoms with Gasteiger partial charge < -0.3 is 19.6 Å². The van der Waals surface area contributed by atoms with Crippen molar-refractivity contribution in [3.05, 3.63) is 95.0 Å². The zero-order chi connectivity index (χ0) is 26.8. The van der Waals surface area contributed by atoms with E-state index in [4.69, 9.17) is 20.8 Å². The lowest BCUT2D eigenvalue weighted by atomic mass is 9.99. The van der Waals surface area contributed by atoms with Crippen LogP contribution in [0.4, 0.5) is 5.69 Å². The lowest BCUT2D eigenvalue weighted by molar-refractivity contribution is -0.124. The molecule has 4 aromatic carbocycles. The first-order chi connectivity index (χ1) is 18.4. The van der Waals surface area contributed by atoms with Gasteiger partial charge in [0.15, 0.2) is 11.7 Å². The molecule has 0 saturated carbocycles. The fraction of sp³-hybridized carbons (Fsp3) is 0.103. The molecule has 0 aliphatic carbocycles. The Morgan fingerprint density at radius 2 is 1.76 bits per heavy atom. The van der Waals surface area contributed by atoms with E-state index in [0.29, 0.717) is 27.9 Å². The third-order valence-corrected chi connectivity index (χ3v) is 6.36. The van der Waals surface area contributed by atoms with Crippen LogP contribution in [0, 0.1) is 0 Å². The number of rotatable bonds is 7. The Morgan fingerprint density at radius 1 is 1.00 bits per heavy atom. The van der Waals surface area contributed by atoms with Crippen molar-refractivity contribution in [3.8, 4) is 11.5 Å². The number of oxazole rings is 1. The van der Waals surface area contributed by atoms with Gasteiger partial charge in [-0.15, -0.1) is 0 Å². The molecule has 0 aliphatic rings. The minimum atomic E-state index is -1.23. The predicted octanol–water partition coefficient (Wildman–Crippen LogP) is 6.57. The summed E-state index contributed by atoms with van der Waals surface area (Å²) >= 11 is 5.91. The molecule has 38 heavy (non-hydrogen) atoms. The lowest BCUT2D eigenvalue weighted by Crippen LogP contribution is -2.32. The number of ether oxygens (including phenoxy) is 1. The summed E-state index contributed by atoms with van der Waals surface area (Å²) in [7, 11) is 0. The van der Waals surface area contributed by atoms with Gasteiger partial charge in [0.1, 0.15) is 5.52 Å². The van der Waals surface area contributed by atoms with Crippen molar-refractivity contribution in [1.29, 1.82) is 0 Å². The maximum atomic E-state index is 13.4. The molecule has 9 heteroatoms. The minimum absolute atomic E-state index is 0.0414. The number of carboxylic acid groups (broad SMARTS) is 1. The maximum absolute atomic E-state index is 13.4. The standard InChI is InChI=1S/C29H21ClN2O6/c1-2-23(26(33)31-17-13-14-21(30)20(15-17)28(34)35)38-29(36)19-10-6-8-16-7-5-9-18(25(16)19)27-32-22-11-3-4-12-24(22)37-27/h3-15,23H,2H2,1H3,(H,31,33)(H,34,35). The Morgan fingerprint density at radius 3 is 2.50 bits per heavy atom. The Balaban J connectivity index is 1.45. The molecule has 5 aromatic rings. The van der Waals surface area contributed by atoms with E-state index in [2.05, 4.69) is 10.3 Å². The summed E-state index contributed by atoms with van der Waals surface area (Å²) in [5.41, 5.74) is 2.25. The summed E-state index contributed by atoms with van der Waals surface area (Å²) in [5.74, 6) is -2.16. The van der Waals surface area contributed by atoms with Gasteiger partial charge in [0.05, 0.1) is 16.1 Å². The molecule has 5 rings (SSSR count). The van der Waals surface area contributed by atoms with Gasteiger partial charge in [0.2, 0.25) is 5.89 Å². The molecule has 1 atom stereocenters. The number of hydrogen-bond acceptors (Lipinski definition) is 6. The number of carbonyl (C=O) groups is 3. The highest BCUT2D eigenvalue weighted by molar-refractivity contribution is 6.33. The van der Waals surface area contributed by atoms with Crippen LogP contribution in [0.2, 0.25) is 5.02 Å². The highest BCUT2D eigenvalue weighted by Crippen LogP contribution is 2.33. The smallest absolute Gasteiger partial charge is 0.339 e. The second kappa shape index (κ2) is 10.4. The van der Waals surface area contributed by atoms with Gasteiger partial charge in [0.25, 0.3) is 5.91 Å². The molecule has 1 heterocycles. The number of aromatic nitrogens is 1.